The topological polar surface area (TPSA) is 75.7 Å². The Morgan fingerprint density at radius 1 is 1.44 bits per heavy atom. The van der Waals surface area contributed by atoms with Gasteiger partial charge >= 0.3 is 0 Å². The van der Waals surface area contributed by atoms with Gasteiger partial charge in [-0.1, -0.05) is 0 Å². The van der Waals surface area contributed by atoms with Crippen LogP contribution in [0, 0.1) is 0 Å². The highest BCUT2D eigenvalue weighted by molar-refractivity contribution is 5.85. The van der Waals surface area contributed by atoms with Crippen LogP contribution in [0.5, 0.6) is 11.5 Å². The van der Waals surface area contributed by atoms with Crippen LogP contribution in [0.2, 0.25) is 0 Å². The Labute approximate surface area is 101 Å². The minimum absolute atomic E-state index is 0. The fourth-order valence-corrected chi connectivity index (χ4v) is 1.42. The molecular weight excluding hydrogens is 230 g/mol. The maximum absolute atomic E-state index is 9.60. The van der Waals surface area contributed by atoms with Gasteiger partial charge in [0.15, 0.2) is 0 Å². The minimum atomic E-state index is -0.271. The minimum Gasteiger partial charge on any atom is -0.508 e. The van der Waals surface area contributed by atoms with E-state index >= 15 is 0 Å². The molecule has 1 rings (SSSR count). The van der Waals surface area contributed by atoms with Crippen molar-refractivity contribution in [2.45, 2.75) is 18.9 Å². The van der Waals surface area contributed by atoms with E-state index in [1.54, 1.807) is 25.3 Å². The number of methoxy groups -OCH3 is 1. The van der Waals surface area contributed by atoms with Gasteiger partial charge in [0.25, 0.3) is 0 Å². The van der Waals surface area contributed by atoms with Crippen LogP contribution in [0.4, 0.5) is 0 Å². The Kier molecular flexibility index (Phi) is 6.88. The van der Waals surface area contributed by atoms with E-state index < -0.39 is 0 Å². The van der Waals surface area contributed by atoms with Gasteiger partial charge < -0.3 is 20.7 Å². The van der Waals surface area contributed by atoms with E-state index in [4.69, 9.17) is 15.6 Å². The number of hydrogen-bond acceptors (Lipinski definition) is 4. The summed E-state index contributed by atoms with van der Waals surface area (Å²) in [5, 5.41) is 18.3. The molecule has 4 nitrogen and oxygen atoms in total. The molecule has 0 unspecified atom stereocenters. The summed E-state index contributed by atoms with van der Waals surface area (Å²) in [6, 6.07) is 4.69. The van der Waals surface area contributed by atoms with Gasteiger partial charge in [0.2, 0.25) is 0 Å². The molecule has 0 aliphatic carbocycles. The monoisotopic (exact) mass is 247 g/mol. The first-order chi connectivity index (χ1) is 7.19. The SMILES string of the molecule is COc1ccc(O)c([C@H](N)CCCO)c1.Cl. The number of rotatable bonds is 5. The third-order valence-electron chi connectivity index (χ3n) is 2.31. The summed E-state index contributed by atoms with van der Waals surface area (Å²) in [7, 11) is 1.56. The molecule has 4 N–H and O–H groups in total. The van der Waals surface area contributed by atoms with Crippen molar-refractivity contribution in [3.63, 3.8) is 0 Å². The van der Waals surface area contributed by atoms with Crippen molar-refractivity contribution >= 4 is 12.4 Å². The molecule has 0 saturated heterocycles. The van der Waals surface area contributed by atoms with Gasteiger partial charge in [0.1, 0.15) is 11.5 Å². The zero-order chi connectivity index (χ0) is 11.3. The van der Waals surface area contributed by atoms with Crippen molar-refractivity contribution in [2.24, 2.45) is 5.73 Å². The van der Waals surface area contributed by atoms with E-state index in [0.29, 0.717) is 24.2 Å². The molecule has 5 heteroatoms. The Balaban J connectivity index is 0.00000225. The molecule has 0 radical (unpaired) electrons. The zero-order valence-corrected chi connectivity index (χ0v) is 10.0. The quantitative estimate of drug-likeness (QED) is 0.739. The summed E-state index contributed by atoms with van der Waals surface area (Å²) in [5.41, 5.74) is 6.53. The number of aromatic hydroxyl groups is 1. The van der Waals surface area contributed by atoms with Crippen LogP contribution in [-0.4, -0.2) is 23.9 Å². The van der Waals surface area contributed by atoms with E-state index in [1.807, 2.05) is 0 Å². The van der Waals surface area contributed by atoms with E-state index in [-0.39, 0.29) is 30.8 Å². The lowest BCUT2D eigenvalue weighted by Gasteiger charge is -2.14. The lowest BCUT2D eigenvalue weighted by molar-refractivity contribution is 0.279. The van der Waals surface area contributed by atoms with Crippen LogP contribution in [-0.2, 0) is 0 Å². The zero-order valence-electron chi connectivity index (χ0n) is 9.22. The Hall–Kier alpha value is -0.970. The standard InChI is InChI=1S/C11H17NO3.ClH/c1-15-8-4-5-11(14)9(7-8)10(12)3-2-6-13;/h4-5,7,10,13-14H,2-3,6,12H2,1H3;1H/t10-;/m1./s1. The molecule has 0 aliphatic heterocycles. The summed E-state index contributed by atoms with van der Waals surface area (Å²) in [6.45, 7) is 0.110. The van der Waals surface area contributed by atoms with Crippen molar-refractivity contribution in [3.05, 3.63) is 23.8 Å². The van der Waals surface area contributed by atoms with Gasteiger partial charge in [0, 0.05) is 18.2 Å². The third kappa shape index (κ3) is 3.89. The van der Waals surface area contributed by atoms with Gasteiger partial charge in [0.05, 0.1) is 7.11 Å². The van der Waals surface area contributed by atoms with Crippen LogP contribution in [0.1, 0.15) is 24.4 Å². The van der Waals surface area contributed by atoms with E-state index in [1.165, 1.54) is 0 Å². The molecular formula is C11H18ClNO3. The Morgan fingerprint density at radius 3 is 2.69 bits per heavy atom. The molecule has 0 amide bonds. The second-order valence-corrected chi connectivity index (χ2v) is 3.40. The van der Waals surface area contributed by atoms with Crippen molar-refractivity contribution in [1.82, 2.24) is 0 Å². The Morgan fingerprint density at radius 2 is 2.12 bits per heavy atom. The molecule has 92 valence electrons. The van der Waals surface area contributed by atoms with Gasteiger partial charge in [-0.15, -0.1) is 12.4 Å². The average Bonchev–Trinajstić information content (AvgIpc) is 2.26. The van der Waals surface area contributed by atoms with Gasteiger partial charge in [-0.2, -0.15) is 0 Å². The van der Waals surface area contributed by atoms with Crippen molar-refractivity contribution < 1.29 is 14.9 Å². The van der Waals surface area contributed by atoms with Crippen LogP contribution < -0.4 is 10.5 Å². The molecule has 16 heavy (non-hydrogen) atoms. The number of aliphatic hydroxyl groups excluding tert-OH is 1. The molecule has 1 aromatic carbocycles. The summed E-state index contributed by atoms with van der Waals surface area (Å²) in [6.07, 6.45) is 1.26. The molecule has 0 spiro atoms. The first-order valence-corrected chi connectivity index (χ1v) is 4.92. The highest BCUT2D eigenvalue weighted by Gasteiger charge is 2.11. The number of aliphatic hydroxyl groups is 1. The molecule has 1 aromatic rings. The molecule has 0 fully saturated rings. The highest BCUT2D eigenvalue weighted by atomic mass is 35.5. The first-order valence-electron chi connectivity index (χ1n) is 4.92. The Bertz CT molecular complexity index is 320. The number of phenols is 1. The number of hydrogen-bond donors (Lipinski definition) is 3. The second-order valence-electron chi connectivity index (χ2n) is 3.40. The largest absolute Gasteiger partial charge is 0.508 e. The van der Waals surface area contributed by atoms with Crippen LogP contribution in [0.25, 0.3) is 0 Å². The average molecular weight is 248 g/mol. The number of halogens is 1. The maximum Gasteiger partial charge on any atom is 0.120 e. The van der Waals surface area contributed by atoms with E-state index in [2.05, 4.69) is 0 Å². The van der Waals surface area contributed by atoms with Gasteiger partial charge in [-0.05, 0) is 31.0 Å². The van der Waals surface area contributed by atoms with Crippen LogP contribution in [0.15, 0.2) is 18.2 Å². The van der Waals surface area contributed by atoms with Crippen molar-refractivity contribution in [1.29, 1.82) is 0 Å². The second kappa shape index (κ2) is 7.33. The summed E-state index contributed by atoms with van der Waals surface area (Å²) in [5.74, 6) is 0.837. The number of ether oxygens (including phenoxy) is 1. The van der Waals surface area contributed by atoms with Gasteiger partial charge in [-0.25, -0.2) is 0 Å². The number of nitrogens with two attached hydrogens (primary N) is 1. The molecule has 0 bridgehead atoms. The van der Waals surface area contributed by atoms with Crippen molar-refractivity contribution in [2.75, 3.05) is 13.7 Å². The van der Waals surface area contributed by atoms with Gasteiger partial charge in [-0.3, -0.25) is 0 Å². The normalized spacial score (nSPS) is 11.7. The maximum atomic E-state index is 9.60. The van der Waals surface area contributed by atoms with Crippen LogP contribution in [0.3, 0.4) is 0 Å². The first kappa shape index (κ1) is 15.0. The summed E-state index contributed by atoms with van der Waals surface area (Å²) in [4.78, 5) is 0. The molecule has 0 aliphatic rings. The molecule has 0 heterocycles. The third-order valence-corrected chi connectivity index (χ3v) is 2.31. The lowest BCUT2D eigenvalue weighted by atomic mass is 10.0. The summed E-state index contributed by atoms with van der Waals surface area (Å²) >= 11 is 0. The smallest absolute Gasteiger partial charge is 0.120 e. The predicted octanol–water partition coefficient (Wildman–Crippen LogP) is 1.59. The van der Waals surface area contributed by atoms with Crippen molar-refractivity contribution in [3.8, 4) is 11.5 Å². The fraction of sp³-hybridized carbons (Fsp3) is 0.455. The predicted molar refractivity (Wildman–Crippen MR) is 65.2 cm³/mol. The van der Waals surface area contributed by atoms with E-state index in [0.717, 1.165) is 0 Å². The van der Waals surface area contributed by atoms with Crippen LogP contribution >= 0.6 is 12.4 Å². The molecule has 0 aromatic heterocycles. The molecule has 1 atom stereocenters. The summed E-state index contributed by atoms with van der Waals surface area (Å²) < 4.78 is 5.05. The lowest BCUT2D eigenvalue weighted by Crippen LogP contribution is -2.11. The number of benzene rings is 1. The highest BCUT2D eigenvalue weighted by Crippen LogP contribution is 2.29. The molecule has 0 saturated carbocycles. The van der Waals surface area contributed by atoms with E-state index in [9.17, 15) is 5.11 Å². The fourth-order valence-electron chi connectivity index (χ4n) is 1.42. The number of phenolic OH excluding ortho intramolecular Hbond substituents is 1.